The third kappa shape index (κ3) is 2.29. The molecule has 1 saturated carbocycles. The summed E-state index contributed by atoms with van der Waals surface area (Å²) in [5.74, 6) is 0.583. The van der Waals surface area contributed by atoms with Crippen LogP contribution in [0.15, 0.2) is 47.8 Å². The van der Waals surface area contributed by atoms with Gasteiger partial charge in [-0.1, -0.05) is 23.7 Å². The van der Waals surface area contributed by atoms with Gasteiger partial charge in [0.2, 0.25) is 0 Å². The zero-order chi connectivity index (χ0) is 17.0. The molecule has 0 aliphatic heterocycles. The SMILES string of the molecule is O=c1[nH]ncn1-c1cccc(-c2cnc3[nH]cc(C4CC4)c3c2Cl)c1. The van der Waals surface area contributed by atoms with Crippen LogP contribution in [0.2, 0.25) is 5.02 Å². The maximum absolute atomic E-state index is 11.8. The van der Waals surface area contributed by atoms with E-state index >= 15 is 0 Å². The molecule has 1 aliphatic rings. The summed E-state index contributed by atoms with van der Waals surface area (Å²) in [6.45, 7) is 0. The second-order valence-electron chi connectivity index (χ2n) is 6.31. The minimum Gasteiger partial charge on any atom is -0.346 e. The van der Waals surface area contributed by atoms with E-state index in [2.05, 4.69) is 20.2 Å². The van der Waals surface area contributed by atoms with Crippen molar-refractivity contribution in [1.82, 2.24) is 24.7 Å². The van der Waals surface area contributed by atoms with E-state index in [1.807, 2.05) is 30.5 Å². The fraction of sp³-hybridized carbons (Fsp3) is 0.167. The average Bonchev–Trinajstić information content (AvgIpc) is 3.23. The highest BCUT2D eigenvalue weighted by Gasteiger charge is 2.28. The van der Waals surface area contributed by atoms with Gasteiger partial charge in [0.05, 0.1) is 10.7 Å². The van der Waals surface area contributed by atoms with Gasteiger partial charge in [-0.05, 0) is 42.0 Å². The number of aromatic nitrogens is 5. The van der Waals surface area contributed by atoms with E-state index in [9.17, 15) is 4.79 Å². The third-order valence-corrected chi connectivity index (χ3v) is 5.07. The van der Waals surface area contributed by atoms with Crippen LogP contribution in [0.25, 0.3) is 27.8 Å². The Labute approximate surface area is 147 Å². The second-order valence-corrected chi connectivity index (χ2v) is 6.69. The maximum Gasteiger partial charge on any atom is 0.347 e. The predicted molar refractivity (Wildman–Crippen MR) is 96.3 cm³/mol. The molecule has 1 aliphatic carbocycles. The molecule has 0 radical (unpaired) electrons. The molecule has 3 aromatic heterocycles. The molecule has 0 amide bonds. The number of hydrogen-bond acceptors (Lipinski definition) is 3. The Balaban J connectivity index is 1.69. The zero-order valence-electron chi connectivity index (χ0n) is 13.2. The number of halogens is 1. The van der Waals surface area contributed by atoms with Crippen LogP contribution in [-0.2, 0) is 0 Å². The van der Waals surface area contributed by atoms with Gasteiger partial charge in [-0.2, -0.15) is 5.10 Å². The molecule has 0 unspecified atom stereocenters. The Hall–Kier alpha value is -2.86. The van der Waals surface area contributed by atoms with E-state index in [4.69, 9.17) is 11.6 Å². The van der Waals surface area contributed by atoms with Crippen LogP contribution in [0, 0.1) is 0 Å². The maximum atomic E-state index is 11.8. The normalized spacial score (nSPS) is 14.3. The largest absolute Gasteiger partial charge is 0.347 e. The predicted octanol–water partition coefficient (Wildman–Crippen LogP) is 3.63. The van der Waals surface area contributed by atoms with Crippen molar-refractivity contribution >= 4 is 22.6 Å². The Morgan fingerprint density at radius 2 is 2.16 bits per heavy atom. The summed E-state index contributed by atoms with van der Waals surface area (Å²) < 4.78 is 1.45. The molecule has 5 rings (SSSR count). The van der Waals surface area contributed by atoms with Gasteiger partial charge in [0.1, 0.15) is 12.0 Å². The number of benzene rings is 1. The van der Waals surface area contributed by atoms with Crippen LogP contribution in [0.1, 0.15) is 24.3 Å². The van der Waals surface area contributed by atoms with Crippen molar-refractivity contribution in [2.75, 3.05) is 0 Å². The van der Waals surface area contributed by atoms with Gasteiger partial charge in [0, 0.05) is 23.3 Å². The summed E-state index contributed by atoms with van der Waals surface area (Å²) in [5, 5.41) is 7.88. The van der Waals surface area contributed by atoms with Crippen molar-refractivity contribution in [3.8, 4) is 16.8 Å². The van der Waals surface area contributed by atoms with Gasteiger partial charge in [-0.15, -0.1) is 0 Å². The Kier molecular flexibility index (Phi) is 3.08. The Morgan fingerprint density at radius 3 is 2.92 bits per heavy atom. The summed E-state index contributed by atoms with van der Waals surface area (Å²) in [6.07, 6.45) is 7.65. The van der Waals surface area contributed by atoms with Gasteiger partial charge < -0.3 is 4.98 Å². The summed E-state index contributed by atoms with van der Waals surface area (Å²) in [5.41, 5.74) is 4.28. The fourth-order valence-corrected chi connectivity index (χ4v) is 3.61. The lowest BCUT2D eigenvalue weighted by atomic mass is 10.0. The lowest BCUT2D eigenvalue weighted by Gasteiger charge is -2.08. The summed E-state index contributed by atoms with van der Waals surface area (Å²) >= 11 is 6.76. The van der Waals surface area contributed by atoms with Gasteiger partial charge in [-0.3, -0.25) is 0 Å². The van der Waals surface area contributed by atoms with Crippen molar-refractivity contribution in [3.05, 3.63) is 64.1 Å². The number of H-pyrrole nitrogens is 2. The van der Waals surface area contributed by atoms with Crippen LogP contribution in [0.4, 0.5) is 0 Å². The molecule has 25 heavy (non-hydrogen) atoms. The topological polar surface area (TPSA) is 79.4 Å². The molecule has 0 bridgehead atoms. The number of aromatic amines is 2. The van der Waals surface area contributed by atoms with E-state index in [1.54, 1.807) is 6.20 Å². The first kappa shape index (κ1) is 14.5. The number of fused-ring (bicyclic) bond motifs is 1. The Bertz CT molecular complexity index is 1150. The lowest BCUT2D eigenvalue weighted by Crippen LogP contribution is -2.13. The van der Waals surface area contributed by atoms with Crippen LogP contribution < -0.4 is 5.69 Å². The van der Waals surface area contributed by atoms with E-state index < -0.39 is 0 Å². The molecular formula is C18H14ClN5O. The van der Waals surface area contributed by atoms with Crippen molar-refractivity contribution in [1.29, 1.82) is 0 Å². The highest BCUT2D eigenvalue weighted by Crippen LogP contribution is 2.46. The average molecular weight is 352 g/mol. The smallest absolute Gasteiger partial charge is 0.346 e. The number of pyridine rings is 1. The molecule has 3 heterocycles. The number of hydrogen-bond donors (Lipinski definition) is 2. The van der Waals surface area contributed by atoms with Gasteiger partial charge >= 0.3 is 5.69 Å². The summed E-state index contributed by atoms with van der Waals surface area (Å²) in [7, 11) is 0. The summed E-state index contributed by atoms with van der Waals surface area (Å²) in [6, 6.07) is 7.62. The second kappa shape index (κ2) is 5.32. The standard InChI is InChI=1S/C18H14ClN5O/c19-16-14(8-21-17-15(16)13(7-20-17)10-4-5-10)11-2-1-3-12(6-11)24-9-22-23-18(24)25/h1-3,6-10H,4-5H2,(H,20,21)(H,23,25). The van der Waals surface area contributed by atoms with Crippen LogP contribution in [0.3, 0.4) is 0 Å². The van der Waals surface area contributed by atoms with Gasteiger partial charge in [0.15, 0.2) is 0 Å². The van der Waals surface area contributed by atoms with Gasteiger partial charge in [0.25, 0.3) is 0 Å². The third-order valence-electron chi connectivity index (χ3n) is 4.67. The van der Waals surface area contributed by atoms with E-state index in [1.165, 1.54) is 29.3 Å². The monoisotopic (exact) mass is 351 g/mol. The molecule has 2 N–H and O–H groups in total. The molecule has 0 saturated heterocycles. The first-order valence-electron chi connectivity index (χ1n) is 8.10. The first-order chi connectivity index (χ1) is 12.2. The van der Waals surface area contributed by atoms with Crippen molar-refractivity contribution < 1.29 is 0 Å². The van der Waals surface area contributed by atoms with E-state index in [-0.39, 0.29) is 5.69 Å². The van der Waals surface area contributed by atoms with Crippen molar-refractivity contribution in [3.63, 3.8) is 0 Å². The lowest BCUT2D eigenvalue weighted by molar-refractivity contribution is 0.983. The molecule has 7 heteroatoms. The first-order valence-corrected chi connectivity index (χ1v) is 8.48. The molecular weight excluding hydrogens is 338 g/mol. The van der Waals surface area contributed by atoms with Crippen molar-refractivity contribution in [2.45, 2.75) is 18.8 Å². The number of rotatable bonds is 3. The van der Waals surface area contributed by atoms with Crippen molar-refractivity contribution in [2.24, 2.45) is 0 Å². The molecule has 6 nitrogen and oxygen atoms in total. The van der Waals surface area contributed by atoms with Crippen LogP contribution >= 0.6 is 11.6 Å². The van der Waals surface area contributed by atoms with E-state index in [0.29, 0.717) is 10.9 Å². The highest BCUT2D eigenvalue weighted by atomic mass is 35.5. The molecule has 1 fully saturated rings. The van der Waals surface area contributed by atoms with E-state index in [0.717, 1.165) is 27.8 Å². The van der Waals surface area contributed by atoms with Gasteiger partial charge in [-0.25, -0.2) is 19.4 Å². The number of nitrogens with one attached hydrogen (secondary N) is 2. The van der Waals surface area contributed by atoms with Crippen LogP contribution in [0.5, 0.6) is 0 Å². The minimum absolute atomic E-state index is 0.279. The Morgan fingerprint density at radius 1 is 1.28 bits per heavy atom. The molecule has 0 spiro atoms. The van der Waals surface area contributed by atoms with Crippen LogP contribution in [-0.4, -0.2) is 24.7 Å². The molecule has 0 atom stereocenters. The molecule has 4 aromatic rings. The summed E-state index contributed by atoms with van der Waals surface area (Å²) in [4.78, 5) is 19.6. The quantitative estimate of drug-likeness (QED) is 0.591. The zero-order valence-corrected chi connectivity index (χ0v) is 13.9. The molecule has 1 aromatic carbocycles. The number of nitrogens with zero attached hydrogens (tertiary/aromatic N) is 3. The fourth-order valence-electron chi connectivity index (χ4n) is 3.25. The minimum atomic E-state index is -0.279. The molecule has 124 valence electrons. The highest BCUT2D eigenvalue weighted by molar-refractivity contribution is 6.38.